The number of hydrogen-bond donors (Lipinski definition) is 1. The van der Waals surface area contributed by atoms with E-state index < -0.39 is 12.1 Å². The van der Waals surface area contributed by atoms with Gasteiger partial charge in [0.2, 0.25) is 0 Å². The maximum atomic E-state index is 11.5. The summed E-state index contributed by atoms with van der Waals surface area (Å²) in [6.07, 6.45) is 2.89. The Balaban J connectivity index is 2.13. The second-order valence-electron chi connectivity index (χ2n) is 4.31. The zero-order chi connectivity index (χ0) is 14.1. The highest BCUT2D eigenvalue weighted by molar-refractivity contribution is 5.81. The molecule has 2 atom stereocenters. The lowest BCUT2D eigenvalue weighted by atomic mass is 10.2. The molecule has 1 saturated heterocycles. The van der Waals surface area contributed by atoms with Gasteiger partial charge in [0, 0.05) is 13.2 Å². The Morgan fingerprint density at radius 1 is 1.58 bits per heavy atom. The predicted octanol–water partition coefficient (Wildman–Crippen LogP) is 0.416. The van der Waals surface area contributed by atoms with Crippen LogP contribution in [0.25, 0.3) is 0 Å². The standard InChI is InChI=1S/C13H21NO5/c1-3-6-14-12(15)9-19-13(16)10(2)18-8-11-5-4-7-17-11/h3,10-11H,1,4-9H2,2H3,(H,14,15). The van der Waals surface area contributed by atoms with Crippen LogP contribution in [0.15, 0.2) is 12.7 Å². The molecule has 1 aliphatic rings. The molecule has 0 spiro atoms. The Labute approximate surface area is 113 Å². The third kappa shape index (κ3) is 6.35. The van der Waals surface area contributed by atoms with Gasteiger partial charge >= 0.3 is 5.97 Å². The van der Waals surface area contributed by atoms with E-state index >= 15 is 0 Å². The highest BCUT2D eigenvalue weighted by atomic mass is 16.6. The Morgan fingerprint density at radius 3 is 3.00 bits per heavy atom. The highest BCUT2D eigenvalue weighted by Crippen LogP contribution is 2.12. The van der Waals surface area contributed by atoms with E-state index in [-0.39, 0.29) is 18.6 Å². The van der Waals surface area contributed by atoms with Gasteiger partial charge in [-0.1, -0.05) is 6.08 Å². The minimum absolute atomic E-state index is 0.0612. The van der Waals surface area contributed by atoms with Crippen LogP contribution in [0.5, 0.6) is 0 Å². The molecule has 19 heavy (non-hydrogen) atoms. The number of esters is 1. The zero-order valence-corrected chi connectivity index (χ0v) is 11.2. The van der Waals surface area contributed by atoms with E-state index in [0.29, 0.717) is 13.2 Å². The molecule has 0 aromatic carbocycles. The van der Waals surface area contributed by atoms with Gasteiger partial charge in [-0.3, -0.25) is 4.79 Å². The molecule has 1 N–H and O–H groups in total. The highest BCUT2D eigenvalue weighted by Gasteiger charge is 2.21. The number of ether oxygens (including phenoxy) is 3. The summed E-state index contributed by atoms with van der Waals surface area (Å²) in [5.41, 5.74) is 0. The molecular formula is C13H21NO5. The first-order valence-corrected chi connectivity index (χ1v) is 6.41. The summed E-state index contributed by atoms with van der Waals surface area (Å²) >= 11 is 0. The minimum atomic E-state index is -0.698. The van der Waals surface area contributed by atoms with Crippen molar-refractivity contribution in [1.82, 2.24) is 5.32 Å². The largest absolute Gasteiger partial charge is 0.454 e. The van der Waals surface area contributed by atoms with E-state index in [1.165, 1.54) is 0 Å². The van der Waals surface area contributed by atoms with E-state index in [0.717, 1.165) is 19.4 Å². The number of amides is 1. The van der Waals surface area contributed by atoms with Crippen molar-refractivity contribution < 1.29 is 23.8 Å². The smallest absolute Gasteiger partial charge is 0.335 e. The number of nitrogens with one attached hydrogen (secondary N) is 1. The van der Waals surface area contributed by atoms with Crippen LogP contribution in [0.1, 0.15) is 19.8 Å². The predicted molar refractivity (Wildman–Crippen MR) is 68.6 cm³/mol. The average molecular weight is 271 g/mol. The van der Waals surface area contributed by atoms with E-state index in [1.807, 2.05) is 0 Å². The van der Waals surface area contributed by atoms with Gasteiger partial charge in [-0.2, -0.15) is 0 Å². The van der Waals surface area contributed by atoms with E-state index in [9.17, 15) is 9.59 Å². The van der Waals surface area contributed by atoms with Crippen LogP contribution in [-0.4, -0.2) is 50.4 Å². The zero-order valence-electron chi connectivity index (χ0n) is 11.2. The summed E-state index contributed by atoms with van der Waals surface area (Å²) in [7, 11) is 0. The maximum absolute atomic E-state index is 11.5. The fraction of sp³-hybridized carbons (Fsp3) is 0.692. The summed E-state index contributed by atoms with van der Waals surface area (Å²) in [4.78, 5) is 22.7. The molecule has 1 rings (SSSR count). The van der Waals surface area contributed by atoms with Crippen LogP contribution >= 0.6 is 0 Å². The fourth-order valence-electron chi connectivity index (χ4n) is 1.59. The van der Waals surface area contributed by atoms with Gasteiger partial charge in [0.15, 0.2) is 12.7 Å². The van der Waals surface area contributed by atoms with Gasteiger partial charge in [0.1, 0.15) is 0 Å². The van der Waals surface area contributed by atoms with Crippen molar-refractivity contribution in [2.24, 2.45) is 0 Å². The van der Waals surface area contributed by atoms with E-state index in [2.05, 4.69) is 11.9 Å². The van der Waals surface area contributed by atoms with Crippen LogP contribution in [0.4, 0.5) is 0 Å². The molecule has 2 unspecified atom stereocenters. The number of carbonyl (C=O) groups is 2. The molecule has 108 valence electrons. The Bertz CT molecular complexity index is 312. The van der Waals surface area contributed by atoms with Crippen molar-refractivity contribution in [1.29, 1.82) is 0 Å². The van der Waals surface area contributed by atoms with Gasteiger partial charge in [-0.25, -0.2) is 4.79 Å². The first kappa shape index (κ1) is 15.7. The molecule has 0 aromatic heterocycles. The molecule has 0 aliphatic carbocycles. The van der Waals surface area contributed by atoms with Crippen LogP contribution in [0.3, 0.4) is 0 Å². The van der Waals surface area contributed by atoms with Crippen molar-refractivity contribution in [3.8, 4) is 0 Å². The molecule has 1 amide bonds. The summed E-state index contributed by atoms with van der Waals surface area (Å²) in [6, 6.07) is 0. The second kappa shape index (κ2) is 8.66. The average Bonchev–Trinajstić information content (AvgIpc) is 2.92. The third-order valence-corrected chi connectivity index (χ3v) is 2.68. The lowest BCUT2D eigenvalue weighted by Gasteiger charge is -2.15. The fourth-order valence-corrected chi connectivity index (χ4v) is 1.59. The Hall–Kier alpha value is -1.40. The van der Waals surface area contributed by atoms with Crippen molar-refractivity contribution >= 4 is 11.9 Å². The van der Waals surface area contributed by atoms with Crippen molar-refractivity contribution in [3.63, 3.8) is 0 Å². The summed E-state index contributed by atoms with van der Waals surface area (Å²) in [5.74, 6) is -0.911. The van der Waals surface area contributed by atoms with Gasteiger partial charge in [0.05, 0.1) is 12.7 Å². The molecule has 0 saturated carbocycles. The first-order chi connectivity index (χ1) is 9.13. The number of carbonyl (C=O) groups excluding carboxylic acids is 2. The first-order valence-electron chi connectivity index (χ1n) is 6.41. The Kier molecular flexibility index (Phi) is 7.14. The molecule has 0 bridgehead atoms. The summed E-state index contributed by atoms with van der Waals surface area (Å²) in [5, 5.41) is 2.51. The SMILES string of the molecule is C=CCNC(=O)COC(=O)C(C)OCC1CCCO1. The lowest BCUT2D eigenvalue weighted by Crippen LogP contribution is -2.32. The second-order valence-corrected chi connectivity index (χ2v) is 4.31. The summed E-state index contributed by atoms with van der Waals surface area (Å²) < 4.78 is 15.6. The molecule has 6 nitrogen and oxygen atoms in total. The normalized spacial score (nSPS) is 19.7. The van der Waals surface area contributed by atoms with E-state index in [1.54, 1.807) is 13.0 Å². The van der Waals surface area contributed by atoms with Crippen molar-refractivity contribution in [2.75, 3.05) is 26.4 Å². The quantitative estimate of drug-likeness (QED) is 0.511. The molecule has 6 heteroatoms. The van der Waals surface area contributed by atoms with E-state index in [4.69, 9.17) is 14.2 Å². The molecule has 1 heterocycles. The number of rotatable bonds is 8. The lowest BCUT2D eigenvalue weighted by molar-refractivity contribution is -0.160. The van der Waals surface area contributed by atoms with Crippen molar-refractivity contribution in [2.45, 2.75) is 32.0 Å². The van der Waals surface area contributed by atoms with Crippen LogP contribution in [-0.2, 0) is 23.8 Å². The molecule has 1 aliphatic heterocycles. The topological polar surface area (TPSA) is 73.9 Å². The minimum Gasteiger partial charge on any atom is -0.454 e. The van der Waals surface area contributed by atoms with Crippen LogP contribution in [0.2, 0.25) is 0 Å². The van der Waals surface area contributed by atoms with Crippen LogP contribution < -0.4 is 5.32 Å². The number of hydrogen-bond acceptors (Lipinski definition) is 5. The monoisotopic (exact) mass is 271 g/mol. The van der Waals surface area contributed by atoms with Crippen molar-refractivity contribution in [3.05, 3.63) is 12.7 Å². The van der Waals surface area contributed by atoms with Gasteiger partial charge in [0.25, 0.3) is 5.91 Å². The summed E-state index contributed by atoms with van der Waals surface area (Å²) in [6.45, 7) is 6.22. The van der Waals surface area contributed by atoms with Gasteiger partial charge < -0.3 is 19.5 Å². The molecule has 1 fully saturated rings. The van der Waals surface area contributed by atoms with Gasteiger partial charge in [-0.05, 0) is 19.8 Å². The van der Waals surface area contributed by atoms with Gasteiger partial charge in [-0.15, -0.1) is 6.58 Å². The molecule has 0 aromatic rings. The third-order valence-electron chi connectivity index (χ3n) is 2.68. The Morgan fingerprint density at radius 2 is 2.37 bits per heavy atom. The van der Waals surface area contributed by atoms with Crippen LogP contribution in [0, 0.1) is 0 Å². The maximum Gasteiger partial charge on any atom is 0.335 e. The molecule has 0 radical (unpaired) electrons. The molecular weight excluding hydrogens is 250 g/mol.